The van der Waals surface area contributed by atoms with Crippen molar-refractivity contribution < 1.29 is 8.42 Å². The van der Waals surface area contributed by atoms with E-state index in [1.165, 1.54) is 6.20 Å². The van der Waals surface area contributed by atoms with E-state index in [1.807, 2.05) is 0 Å². The minimum absolute atomic E-state index is 0.123. The molecule has 1 aromatic heterocycles. The molecule has 0 unspecified atom stereocenters. The van der Waals surface area contributed by atoms with E-state index in [0.717, 1.165) is 25.8 Å². The largest absolute Gasteiger partial charge is 0.370 e. The quantitative estimate of drug-likeness (QED) is 0.805. The van der Waals surface area contributed by atoms with E-state index in [4.69, 9.17) is 0 Å². The minimum Gasteiger partial charge on any atom is -0.370 e. The lowest BCUT2D eigenvalue weighted by Crippen LogP contribution is -2.25. The molecule has 1 aliphatic carbocycles. The van der Waals surface area contributed by atoms with Crippen LogP contribution in [0.1, 0.15) is 26.2 Å². The van der Waals surface area contributed by atoms with Gasteiger partial charge in [0.1, 0.15) is 10.7 Å². The predicted molar refractivity (Wildman–Crippen MR) is 66.4 cm³/mol. The SMILES string of the molecule is CCCNc1ccc(S(=O)(=O)NC2CC2)cn1. The smallest absolute Gasteiger partial charge is 0.242 e. The normalized spacial score (nSPS) is 15.8. The van der Waals surface area contributed by atoms with Crippen molar-refractivity contribution in [2.45, 2.75) is 37.1 Å². The van der Waals surface area contributed by atoms with Gasteiger partial charge in [0.05, 0.1) is 0 Å². The van der Waals surface area contributed by atoms with Crippen molar-refractivity contribution in [3.05, 3.63) is 18.3 Å². The van der Waals surface area contributed by atoms with Gasteiger partial charge in [0, 0.05) is 18.8 Å². The summed E-state index contributed by atoms with van der Waals surface area (Å²) in [5.41, 5.74) is 0. The second-order valence-electron chi connectivity index (χ2n) is 4.20. The molecule has 0 radical (unpaired) electrons. The number of nitrogens with one attached hydrogen (secondary N) is 2. The van der Waals surface area contributed by atoms with Gasteiger partial charge in [-0.15, -0.1) is 0 Å². The van der Waals surface area contributed by atoms with E-state index in [0.29, 0.717) is 5.82 Å². The van der Waals surface area contributed by atoms with Gasteiger partial charge in [0.25, 0.3) is 0 Å². The van der Waals surface area contributed by atoms with Gasteiger partial charge in [-0.25, -0.2) is 18.1 Å². The monoisotopic (exact) mass is 255 g/mol. The Morgan fingerprint density at radius 1 is 1.41 bits per heavy atom. The van der Waals surface area contributed by atoms with Crippen LogP contribution in [0.4, 0.5) is 5.82 Å². The molecule has 0 atom stereocenters. The third-order valence-electron chi connectivity index (χ3n) is 2.50. The first-order chi connectivity index (χ1) is 8.12. The van der Waals surface area contributed by atoms with Crippen LogP contribution in [0.2, 0.25) is 0 Å². The summed E-state index contributed by atoms with van der Waals surface area (Å²) < 4.78 is 26.3. The molecular formula is C11H17N3O2S. The van der Waals surface area contributed by atoms with Crippen molar-refractivity contribution in [2.75, 3.05) is 11.9 Å². The van der Waals surface area contributed by atoms with E-state index in [-0.39, 0.29) is 10.9 Å². The number of nitrogens with zero attached hydrogens (tertiary/aromatic N) is 1. The molecule has 2 rings (SSSR count). The summed E-state index contributed by atoms with van der Waals surface area (Å²) in [7, 11) is -3.37. The highest BCUT2D eigenvalue weighted by atomic mass is 32.2. The Hall–Kier alpha value is -1.14. The van der Waals surface area contributed by atoms with Crippen LogP contribution in [0.25, 0.3) is 0 Å². The van der Waals surface area contributed by atoms with Crippen molar-refractivity contribution in [2.24, 2.45) is 0 Å². The van der Waals surface area contributed by atoms with Crippen LogP contribution in [0.3, 0.4) is 0 Å². The van der Waals surface area contributed by atoms with Gasteiger partial charge < -0.3 is 5.32 Å². The lowest BCUT2D eigenvalue weighted by molar-refractivity contribution is 0.580. The van der Waals surface area contributed by atoms with Crippen LogP contribution in [0, 0.1) is 0 Å². The summed E-state index contributed by atoms with van der Waals surface area (Å²) in [6.07, 6.45) is 4.26. The van der Waals surface area contributed by atoms with E-state index >= 15 is 0 Å². The second-order valence-corrected chi connectivity index (χ2v) is 5.92. The molecule has 2 N–H and O–H groups in total. The molecule has 0 aliphatic heterocycles. The molecule has 1 fully saturated rings. The van der Waals surface area contributed by atoms with Crippen LogP contribution >= 0.6 is 0 Å². The fraction of sp³-hybridized carbons (Fsp3) is 0.545. The molecule has 1 aliphatic rings. The zero-order chi connectivity index (χ0) is 12.3. The Morgan fingerprint density at radius 2 is 2.18 bits per heavy atom. The molecule has 0 aromatic carbocycles. The summed E-state index contributed by atoms with van der Waals surface area (Å²) in [4.78, 5) is 4.31. The van der Waals surface area contributed by atoms with Crippen molar-refractivity contribution in [3.63, 3.8) is 0 Å². The average Bonchev–Trinajstić information content (AvgIpc) is 3.10. The maximum atomic E-state index is 11.8. The molecule has 94 valence electrons. The maximum absolute atomic E-state index is 11.8. The van der Waals surface area contributed by atoms with Crippen molar-refractivity contribution >= 4 is 15.8 Å². The van der Waals surface area contributed by atoms with Crippen molar-refractivity contribution in [3.8, 4) is 0 Å². The van der Waals surface area contributed by atoms with Crippen LogP contribution in [-0.4, -0.2) is 26.0 Å². The fourth-order valence-electron chi connectivity index (χ4n) is 1.39. The molecule has 0 amide bonds. The summed E-state index contributed by atoms with van der Waals surface area (Å²) in [6.45, 7) is 2.89. The number of rotatable bonds is 6. The molecule has 0 saturated heterocycles. The van der Waals surface area contributed by atoms with Gasteiger partial charge >= 0.3 is 0 Å². The lowest BCUT2D eigenvalue weighted by Gasteiger charge is -2.07. The number of pyridine rings is 1. The van der Waals surface area contributed by atoms with Crippen LogP contribution in [0.15, 0.2) is 23.2 Å². The minimum atomic E-state index is -3.37. The molecule has 1 saturated carbocycles. The van der Waals surface area contributed by atoms with Crippen LogP contribution < -0.4 is 10.0 Å². The topological polar surface area (TPSA) is 71.1 Å². The number of hydrogen-bond acceptors (Lipinski definition) is 4. The van der Waals surface area contributed by atoms with E-state index in [2.05, 4.69) is 21.9 Å². The first-order valence-electron chi connectivity index (χ1n) is 5.84. The van der Waals surface area contributed by atoms with Crippen molar-refractivity contribution in [1.82, 2.24) is 9.71 Å². The van der Waals surface area contributed by atoms with E-state index < -0.39 is 10.0 Å². The molecular weight excluding hydrogens is 238 g/mol. The molecule has 5 nitrogen and oxygen atoms in total. The predicted octanol–water partition coefficient (Wildman–Crippen LogP) is 1.34. The molecule has 1 aromatic rings. The Balaban J connectivity index is 2.05. The van der Waals surface area contributed by atoms with Crippen LogP contribution in [0.5, 0.6) is 0 Å². The summed E-state index contributed by atoms with van der Waals surface area (Å²) in [5.74, 6) is 0.706. The van der Waals surface area contributed by atoms with Gasteiger partial charge in [-0.3, -0.25) is 0 Å². The van der Waals surface area contributed by atoms with Gasteiger partial charge in [0.2, 0.25) is 10.0 Å². The van der Waals surface area contributed by atoms with E-state index in [1.54, 1.807) is 12.1 Å². The number of anilines is 1. The number of aromatic nitrogens is 1. The summed E-state index contributed by atoms with van der Waals surface area (Å²) >= 11 is 0. The lowest BCUT2D eigenvalue weighted by atomic mass is 10.4. The van der Waals surface area contributed by atoms with Gasteiger partial charge in [-0.1, -0.05) is 6.92 Å². The molecule has 0 bridgehead atoms. The highest BCUT2D eigenvalue weighted by Gasteiger charge is 2.27. The number of hydrogen-bond donors (Lipinski definition) is 2. The second kappa shape index (κ2) is 5.01. The zero-order valence-electron chi connectivity index (χ0n) is 9.81. The Labute approximate surface area is 102 Å². The molecule has 17 heavy (non-hydrogen) atoms. The third-order valence-corrected chi connectivity index (χ3v) is 4.01. The highest BCUT2D eigenvalue weighted by Crippen LogP contribution is 2.22. The van der Waals surface area contributed by atoms with Crippen LogP contribution in [-0.2, 0) is 10.0 Å². The Kier molecular flexibility index (Phi) is 3.63. The molecule has 1 heterocycles. The maximum Gasteiger partial charge on any atom is 0.242 e. The first kappa shape index (κ1) is 12.3. The average molecular weight is 255 g/mol. The van der Waals surface area contributed by atoms with Gasteiger partial charge in [-0.05, 0) is 31.4 Å². The van der Waals surface area contributed by atoms with Gasteiger partial charge in [-0.2, -0.15) is 0 Å². The Morgan fingerprint density at radius 3 is 2.71 bits per heavy atom. The van der Waals surface area contributed by atoms with Crippen molar-refractivity contribution in [1.29, 1.82) is 0 Å². The standard InChI is InChI=1S/C11H17N3O2S/c1-2-7-12-11-6-5-10(8-13-11)17(15,16)14-9-3-4-9/h5-6,8-9,14H,2-4,7H2,1H3,(H,12,13). The van der Waals surface area contributed by atoms with Gasteiger partial charge in [0.15, 0.2) is 0 Å². The Bertz CT molecular complexity index is 466. The molecule has 6 heteroatoms. The zero-order valence-corrected chi connectivity index (χ0v) is 10.6. The highest BCUT2D eigenvalue weighted by molar-refractivity contribution is 7.89. The summed E-state index contributed by atoms with van der Waals surface area (Å²) in [5, 5.41) is 3.10. The third kappa shape index (κ3) is 3.41. The first-order valence-corrected chi connectivity index (χ1v) is 7.32. The van der Waals surface area contributed by atoms with E-state index in [9.17, 15) is 8.42 Å². The fourth-order valence-corrected chi connectivity index (χ4v) is 2.63. The number of sulfonamides is 1. The summed E-state index contributed by atoms with van der Waals surface area (Å²) in [6, 6.07) is 3.39. The molecule has 0 spiro atoms.